The van der Waals surface area contributed by atoms with Crippen molar-refractivity contribution in [1.29, 1.82) is 0 Å². The molecule has 12 heteroatoms. The summed E-state index contributed by atoms with van der Waals surface area (Å²) in [6.45, 7) is 3.41. The fourth-order valence-corrected chi connectivity index (χ4v) is 7.17. The Kier molecular flexibility index (Phi) is 12.5. The van der Waals surface area contributed by atoms with Crippen LogP contribution in [-0.4, -0.2) is 68.4 Å². The summed E-state index contributed by atoms with van der Waals surface area (Å²) in [6, 6.07) is 19.0. The van der Waals surface area contributed by atoms with Gasteiger partial charge in [-0.2, -0.15) is 0 Å². The van der Waals surface area contributed by atoms with Crippen molar-refractivity contribution in [3.8, 4) is 0 Å². The van der Waals surface area contributed by atoms with Gasteiger partial charge < -0.3 is 42.2 Å². The third kappa shape index (κ3) is 9.23. The summed E-state index contributed by atoms with van der Waals surface area (Å²) in [7, 11) is 0. The molecule has 1 heterocycles. The normalized spacial score (nSPS) is 26.5. The van der Waals surface area contributed by atoms with Crippen molar-refractivity contribution in [3.05, 3.63) is 60.7 Å². The molecule has 5 unspecified atom stereocenters. The largest absolute Gasteiger partial charge is 0.370 e. The summed E-state index contributed by atoms with van der Waals surface area (Å²) in [5.41, 5.74) is 13.7. The van der Waals surface area contributed by atoms with E-state index in [1.165, 1.54) is 19.3 Å². The Morgan fingerprint density at radius 2 is 1.19 bits per heavy atom. The second-order valence-electron chi connectivity index (χ2n) is 12.5. The number of benzene rings is 2. The van der Waals surface area contributed by atoms with Crippen molar-refractivity contribution in [1.82, 2.24) is 10.6 Å². The molecule has 0 aromatic heterocycles. The molecule has 2 amide bonds. The molecule has 8 N–H and O–H groups in total. The molecule has 1 aliphatic heterocycles. The van der Waals surface area contributed by atoms with Crippen LogP contribution < -0.4 is 32.7 Å². The van der Waals surface area contributed by atoms with Crippen LogP contribution in [0.5, 0.6) is 0 Å². The molecule has 2 bridgehead atoms. The van der Waals surface area contributed by atoms with Gasteiger partial charge in [0.2, 0.25) is 11.8 Å². The number of unbranched alkanes of at least 4 members (excludes halogenated alkanes) is 4. The molecule has 3 aliphatic rings. The monoisotopic (exact) mass is 646 g/mol. The number of aliphatic imine (C=N–C) groups is 2. The lowest BCUT2D eigenvalue weighted by atomic mass is 9.75. The molecule has 7 atom stereocenters. The predicted octanol–water partition coefficient (Wildman–Crippen LogP) is 3.43. The highest BCUT2D eigenvalue weighted by Crippen LogP contribution is 2.57. The minimum absolute atomic E-state index is 0.0945. The molecule has 0 spiro atoms. The van der Waals surface area contributed by atoms with Crippen molar-refractivity contribution >= 4 is 35.1 Å². The van der Waals surface area contributed by atoms with Gasteiger partial charge in [-0.25, -0.2) is 0 Å². The summed E-state index contributed by atoms with van der Waals surface area (Å²) in [5.74, 6) is -1.03. The van der Waals surface area contributed by atoms with E-state index in [0.29, 0.717) is 32.6 Å². The molecule has 2 aromatic carbocycles. The number of hydrogen-bond acceptors (Lipinski definition) is 6. The van der Waals surface area contributed by atoms with E-state index in [9.17, 15) is 9.59 Å². The zero-order chi connectivity index (χ0) is 33.0. The standard InChI is InChI=1S/C35H50N8O4/c1-2-3-4-5-12-17-27-46-30-25-22-26(31(30)47-27)29(33(45)39-19-21-41-35(37)43-24-15-10-7-11-16-24)28(25)32(44)38-18-20-40-34(36)42-23-13-8-6-9-14-23/h6-11,13-16,25-31H,2-5,12,17-22H2,1H3,(H,38,44)(H,39,45)(H3,36,40,42)(H3,37,41,43)/t25-,26+,27?,28?,29?,30?,31?. The van der Waals surface area contributed by atoms with Gasteiger partial charge in [0.15, 0.2) is 18.2 Å². The molecule has 2 saturated carbocycles. The number of nitrogens with zero attached hydrogens (tertiary/aromatic N) is 2. The highest BCUT2D eigenvalue weighted by Gasteiger charge is 2.66. The molecule has 3 fully saturated rings. The topological polar surface area (TPSA) is 177 Å². The van der Waals surface area contributed by atoms with E-state index in [1.807, 2.05) is 60.7 Å². The van der Waals surface area contributed by atoms with Crippen LogP contribution in [0.2, 0.25) is 0 Å². The van der Waals surface area contributed by atoms with Crippen LogP contribution in [0.3, 0.4) is 0 Å². The van der Waals surface area contributed by atoms with Gasteiger partial charge >= 0.3 is 0 Å². The van der Waals surface area contributed by atoms with Gasteiger partial charge in [0.25, 0.3) is 0 Å². The summed E-state index contributed by atoms with van der Waals surface area (Å²) in [4.78, 5) is 36.1. The SMILES string of the molecule is CCCCCCCC1OC2C(O1)[C@@H]1C[C@H]2C(C(=O)NCCN=C(N)Nc2ccccc2)C1C(=O)NCCN=C(N)Nc1ccccc1. The molecule has 5 rings (SSSR count). The van der Waals surface area contributed by atoms with Crippen LogP contribution in [0.15, 0.2) is 70.6 Å². The summed E-state index contributed by atoms with van der Waals surface area (Å²) >= 11 is 0. The maximum absolute atomic E-state index is 13.7. The molecular weight excluding hydrogens is 596 g/mol. The van der Waals surface area contributed by atoms with E-state index < -0.39 is 11.8 Å². The first-order chi connectivity index (χ1) is 22.9. The Hall–Kier alpha value is -4.16. The number of para-hydroxylation sites is 2. The number of ether oxygens (including phenoxy) is 2. The molecule has 47 heavy (non-hydrogen) atoms. The zero-order valence-corrected chi connectivity index (χ0v) is 27.3. The van der Waals surface area contributed by atoms with Crippen molar-refractivity contribution in [2.45, 2.75) is 70.4 Å². The second-order valence-corrected chi connectivity index (χ2v) is 12.5. The van der Waals surface area contributed by atoms with Gasteiger partial charge in [0, 0.05) is 36.3 Å². The Labute approximate surface area is 277 Å². The van der Waals surface area contributed by atoms with Crippen molar-refractivity contribution < 1.29 is 19.1 Å². The lowest BCUT2D eigenvalue weighted by Crippen LogP contribution is -2.52. The van der Waals surface area contributed by atoms with Crippen LogP contribution in [0.25, 0.3) is 0 Å². The third-order valence-corrected chi connectivity index (χ3v) is 9.27. The third-order valence-electron chi connectivity index (χ3n) is 9.27. The van der Waals surface area contributed by atoms with Gasteiger partial charge in [0.1, 0.15) is 0 Å². The highest BCUT2D eigenvalue weighted by molar-refractivity contribution is 5.93. The second kappa shape index (κ2) is 17.1. The van der Waals surface area contributed by atoms with Gasteiger partial charge in [-0.1, -0.05) is 69.0 Å². The summed E-state index contributed by atoms with van der Waals surface area (Å²) < 4.78 is 12.8. The van der Waals surface area contributed by atoms with Gasteiger partial charge in [-0.05, 0) is 43.5 Å². The smallest absolute Gasteiger partial charge is 0.224 e. The summed E-state index contributed by atoms with van der Waals surface area (Å²) in [6.07, 6.45) is 6.73. The molecule has 2 aromatic rings. The average molecular weight is 647 g/mol. The maximum atomic E-state index is 13.7. The molecule has 12 nitrogen and oxygen atoms in total. The minimum atomic E-state index is -0.523. The van der Waals surface area contributed by atoms with Gasteiger partial charge in [0.05, 0.1) is 37.1 Å². The molecule has 254 valence electrons. The number of fused-ring (bicyclic) bond motifs is 5. The number of carbonyl (C=O) groups is 2. The Morgan fingerprint density at radius 3 is 1.66 bits per heavy atom. The van der Waals surface area contributed by atoms with Gasteiger partial charge in [-0.3, -0.25) is 19.6 Å². The molecule has 0 radical (unpaired) electrons. The van der Waals surface area contributed by atoms with Gasteiger partial charge in [-0.15, -0.1) is 0 Å². The number of anilines is 2. The van der Waals surface area contributed by atoms with E-state index in [2.05, 4.69) is 38.2 Å². The molecule has 1 saturated heterocycles. The first-order valence-corrected chi connectivity index (χ1v) is 17.0. The fourth-order valence-electron chi connectivity index (χ4n) is 7.17. The molecular formula is C35H50N8O4. The van der Waals surface area contributed by atoms with E-state index in [0.717, 1.165) is 30.6 Å². The van der Waals surface area contributed by atoms with Crippen LogP contribution in [0, 0.1) is 23.7 Å². The van der Waals surface area contributed by atoms with Crippen LogP contribution >= 0.6 is 0 Å². The number of carbonyl (C=O) groups excluding carboxylic acids is 2. The fraction of sp³-hybridized carbons (Fsp3) is 0.543. The van der Waals surface area contributed by atoms with Crippen LogP contribution in [0.1, 0.15) is 51.9 Å². The minimum Gasteiger partial charge on any atom is -0.370 e. The Balaban J connectivity index is 1.17. The Morgan fingerprint density at radius 1 is 0.723 bits per heavy atom. The van der Waals surface area contributed by atoms with E-state index in [1.54, 1.807) is 0 Å². The lowest BCUT2D eigenvalue weighted by molar-refractivity contribution is -0.140. The lowest BCUT2D eigenvalue weighted by Gasteiger charge is -2.34. The highest BCUT2D eigenvalue weighted by atomic mass is 16.7. The number of rotatable bonds is 16. The number of nitrogens with two attached hydrogens (primary N) is 2. The average Bonchev–Trinajstić information content (AvgIpc) is 3.77. The predicted molar refractivity (Wildman–Crippen MR) is 185 cm³/mol. The van der Waals surface area contributed by atoms with Crippen LogP contribution in [0.4, 0.5) is 11.4 Å². The number of guanidine groups is 2. The first-order valence-electron chi connectivity index (χ1n) is 17.0. The number of amides is 2. The van der Waals surface area contributed by atoms with Crippen molar-refractivity contribution in [3.63, 3.8) is 0 Å². The van der Waals surface area contributed by atoms with E-state index >= 15 is 0 Å². The van der Waals surface area contributed by atoms with Crippen LogP contribution in [-0.2, 0) is 19.1 Å². The van der Waals surface area contributed by atoms with Crippen molar-refractivity contribution in [2.75, 3.05) is 36.8 Å². The Bertz CT molecular complexity index is 1260. The van der Waals surface area contributed by atoms with Crippen molar-refractivity contribution in [2.24, 2.45) is 45.1 Å². The first kappa shape index (κ1) is 34.2. The zero-order valence-electron chi connectivity index (χ0n) is 27.3. The van der Waals surface area contributed by atoms with E-state index in [-0.39, 0.29) is 54.1 Å². The van der Waals surface area contributed by atoms with E-state index in [4.69, 9.17) is 20.9 Å². The quantitative estimate of drug-likeness (QED) is 0.0913. The maximum Gasteiger partial charge on any atom is 0.224 e. The molecule has 2 aliphatic carbocycles. The number of nitrogens with one attached hydrogen (secondary N) is 4. The summed E-state index contributed by atoms with van der Waals surface area (Å²) in [5, 5.41) is 12.1. The number of hydrogen-bond donors (Lipinski definition) is 6.